The van der Waals surface area contributed by atoms with E-state index in [4.69, 9.17) is 9.47 Å². The molecule has 0 N–H and O–H groups in total. The fourth-order valence-corrected chi connectivity index (χ4v) is 0.832. The van der Waals surface area contributed by atoms with Crippen molar-refractivity contribution in [3.63, 3.8) is 0 Å². The first-order valence-electron chi connectivity index (χ1n) is 5.32. The van der Waals surface area contributed by atoms with Gasteiger partial charge in [-0.2, -0.15) is 0 Å². The molecule has 0 radical (unpaired) electrons. The molecule has 0 aromatic heterocycles. The van der Waals surface area contributed by atoms with Gasteiger partial charge in [-0.15, -0.1) is 0 Å². The van der Waals surface area contributed by atoms with Crippen molar-refractivity contribution in [2.75, 3.05) is 6.61 Å². The number of ether oxygens (including phenoxy) is 2. The maximum atomic E-state index is 11.1. The molecule has 0 bridgehead atoms. The highest BCUT2D eigenvalue weighted by Gasteiger charge is 2.16. The molecule has 0 aromatic rings. The Bertz CT molecular complexity index is 211. The Kier molecular flexibility index (Phi) is 6.06. The first-order valence-corrected chi connectivity index (χ1v) is 5.32. The average Bonchev–Trinajstić information content (AvgIpc) is 1.99. The van der Waals surface area contributed by atoms with Crippen LogP contribution in [0, 0.1) is 5.92 Å². The normalized spacial score (nSPS) is 12.1. The fourth-order valence-electron chi connectivity index (χ4n) is 0.832. The Morgan fingerprint density at radius 2 is 1.87 bits per heavy atom. The second-order valence-electron chi connectivity index (χ2n) is 4.88. The Hall–Kier alpha value is -0.990. The van der Waals surface area contributed by atoms with E-state index >= 15 is 0 Å². The molecule has 88 valence electrons. The first-order chi connectivity index (χ1) is 6.81. The van der Waals surface area contributed by atoms with Crippen molar-refractivity contribution in [3.05, 3.63) is 12.2 Å². The third-order valence-corrected chi connectivity index (χ3v) is 1.46. The topological polar surface area (TPSA) is 35.5 Å². The van der Waals surface area contributed by atoms with E-state index in [9.17, 15) is 4.79 Å². The summed E-state index contributed by atoms with van der Waals surface area (Å²) in [6.45, 7) is 9.98. The zero-order valence-corrected chi connectivity index (χ0v) is 10.4. The summed E-state index contributed by atoms with van der Waals surface area (Å²) >= 11 is 0. The number of hydrogen-bond acceptors (Lipinski definition) is 3. The van der Waals surface area contributed by atoms with E-state index in [0.717, 1.165) is 6.42 Å². The Morgan fingerprint density at radius 3 is 2.33 bits per heavy atom. The van der Waals surface area contributed by atoms with Gasteiger partial charge in [0.05, 0.1) is 0 Å². The molecule has 0 saturated heterocycles. The van der Waals surface area contributed by atoms with E-state index in [-0.39, 0.29) is 6.61 Å². The molecule has 0 aromatic carbocycles. The molecule has 0 fully saturated rings. The van der Waals surface area contributed by atoms with Gasteiger partial charge in [0, 0.05) is 0 Å². The van der Waals surface area contributed by atoms with Crippen molar-refractivity contribution in [3.8, 4) is 0 Å². The van der Waals surface area contributed by atoms with Crippen LogP contribution in [0.3, 0.4) is 0 Å². The van der Waals surface area contributed by atoms with Gasteiger partial charge in [-0.05, 0) is 33.1 Å². The molecular weight excluding hydrogens is 192 g/mol. The van der Waals surface area contributed by atoms with Gasteiger partial charge in [0.15, 0.2) is 0 Å². The summed E-state index contributed by atoms with van der Waals surface area (Å²) < 4.78 is 9.82. The van der Waals surface area contributed by atoms with Gasteiger partial charge in [-0.1, -0.05) is 26.0 Å². The van der Waals surface area contributed by atoms with Gasteiger partial charge in [-0.25, -0.2) is 4.79 Å². The largest absolute Gasteiger partial charge is 0.509 e. The van der Waals surface area contributed by atoms with Crippen molar-refractivity contribution in [2.45, 2.75) is 46.6 Å². The van der Waals surface area contributed by atoms with Crippen LogP contribution in [0.2, 0.25) is 0 Å². The maximum Gasteiger partial charge on any atom is 0.509 e. The number of hydrogen-bond donors (Lipinski definition) is 0. The highest BCUT2D eigenvalue weighted by molar-refractivity contribution is 5.60. The maximum absolute atomic E-state index is 11.1. The quantitative estimate of drug-likeness (QED) is 0.530. The third-order valence-electron chi connectivity index (χ3n) is 1.46. The third kappa shape index (κ3) is 10.9. The van der Waals surface area contributed by atoms with Crippen molar-refractivity contribution in [1.29, 1.82) is 0 Å². The Balaban J connectivity index is 3.60. The number of rotatable bonds is 4. The van der Waals surface area contributed by atoms with Crippen molar-refractivity contribution >= 4 is 6.16 Å². The molecule has 0 aliphatic heterocycles. The molecule has 15 heavy (non-hydrogen) atoms. The highest BCUT2D eigenvalue weighted by Crippen LogP contribution is 2.08. The molecule has 0 heterocycles. The van der Waals surface area contributed by atoms with Crippen molar-refractivity contribution < 1.29 is 14.3 Å². The summed E-state index contributed by atoms with van der Waals surface area (Å²) in [5, 5.41) is 0. The molecule has 0 aliphatic carbocycles. The summed E-state index contributed by atoms with van der Waals surface area (Å²) in [4.78, 5) is 11.1. The highest BCUT2D eigenvalue weighted by atomic mass is 16.7. The summed E-state index contributed by atoms with van der Waals surface area (Å²) in [7, 11) is 0. The smallest absolute Gasteiger partial charge is 0.430 e. The number of allylic oxidation sites excluding steroid dienone is 1. The number of carbonyl (C=O) groups is 1. The standard InChI is InChI=1S/C12H22O3/c1-10(2)8-6-7-9-14-11(13)15-12(3,4)5/h6-7,10H,8-9H2,1-5H3. The lowest BCUT2D eigenvalue weighted by Crippen LogP contribution is -2.24. The zero-order chi connectivity index (χ0) is 11.9. The minimum atomic E-state index is -0.614. The van der Waals surface area contributed by atoms with E-state index in [1.165, 1.54) is 0 Å². The van der Waals surface area contributed by atoms with E-state index in [1.54, 1.807) is 0 Å². The van der Waals surface area contributed by atoms with Gasteiger partial charge in [0.25, 0.3) is 0 Å². The zero-order valence-electron chi connectivity index (χ0n) is 10.4. The van der Waals surface area contributed by atoms with Gasteiger partial charge >= 0.3 is 6.16 Å². The minimum Gasteiger partial charge on any atom is -0.430 e. The lowest BCUT2D eigenvalue weighted by molar-refractivity contribution is -0.00243. The lowest BCUT2D eigenvalue weighted by Gasteiger charge is -2.18. The molecule has 0 amide bonds. The second-order valence-corrected chi connectivity index (χ2v) is 4.88. The van der Waals surface area contributed by atoms with E-state index < -0.39 is 11.8 Å². The second kappa shape index (κ2) is 6.49. The van der Waals surface area contributed by atoms with Crippen LogP contribution in [-0.2, 0) is 9.47 Å². The fraction of sp³-hybridized carbons (Fsp3) is 0.750. The lowest BCUT2D eigenvalue weighted by atomic mass is 10.1. The van der Waals surface area contributed by atoms with Crippen LogP contribution in [0.4, 0.5) is 4.79 Å². The predicted octanol–water partition coefficient (Wildman–Crippen LogP) is 3.54. The molecular formula is C12H22O3. The predicted molar refractivity (Wildman–Crippen MR) is 60.8 cm³/mol. The molecule has 3 nitrogen and oxygen atoms in total. The molecule has 0 atom stereocenters. The molecule has 0 spiro atoms. The minimum absolute atomic E-state index is 0.279. The molecule has 0 rings (SSSR count). The summed E-state index contributed by atoms with van der Waals surface area (Å²) in [6, 6.07) is 0. The van der Waals surface area contributed by atoms with E-state index in [0.29, 0.717) is 5.92 Å². The molecule has 3 heteroatoms. The summed E-state index contributed by atoms with van der Waals surface area (Å²) in [5.41, 5.74) is -0.487. The van der Waals surface area contributed by atoms with E-state index in [1.807, 2.05) is 32.9 Å². The van der Waals surface area contributed by atoms with Gasteiger partial charge in [0.2, 0.25) is 0 Å². The van der Waals surface area contributed by atoms with Crippen LogP contribution in [0.25, 0.3) is 0 Å². The molecule has 0 aliphatic rings. The average molecular weight is 214 g/mol. The van der Waals surface area contributed by atoms with Crippen molar-refractivity contribution in [1.82, 2.24) is 0 Å². The van der Waals surface area contributed by atoms with Crippen LogP contribution >= 0.6 is 0 Å². The van der Waals surface area contributed by atoms with Crippen LogP contribution in [0.1, 0.15) is 41.0 Å². The molecule has 0 unspecified atom stereocenters. The van der Waals surface area contributed by atoms with Crippen LogP contribution in [-0.4, -0.2) is 18.4 Å². The summed E-state index contributed by atoms with van der Waals surface area (Å²) in [6.07, 6.45) is 4.23. The van der Waals surface area contributed by atoms with Gasteiger partial charge in [0.1, 0.15) is 12.2 Å². The first kappa shape index (κ1) is 14.0. The Labute approximate surface area is 92.5 Å². The van der Waals surface area contributed by atoms with Gasteiger partial charge in [-0.3, -0.25) is 0 Å². The van der Waals surface area contributed by atoms with Crippen LogP contribution in [0.15, 0.2) is 12.2 Å². The molecule has 0 saturated carbocycles. The van der Waals surface area contributed by atoms with Crippen molar-refractivity contribution in [2.24, 2.45) is 5.92 Å². The van der Waals surface area contributed by atoms with E-state index in [2.05, 4.69) is 13.8 Å². The monoisotopic (exact) mass is 214 g/mol. The van der Waals surface area contributed by atoms with Crippen LogP contribution in [0.5, 0.6) is 0 Å². The summed E-state index contributed by atoms with van der Waals surface area (Å²) in [5.74, 6) is 0.628. The Morgan fingerprint density at radius 1 is 1.27 bits per heavy atom. The van der Waals surface area contributed by atoms with Crippen LogP contribution < -0.4 is 0 Å². The SMILES string of the molecule is CC(C)CC=CCOC(=O)OC(C)(C)C. The number of carbonyl (C=O) groups excluding carboxylic acids is 1. The van der Waals surface area contributed by atoms with Gasteiger partial charge < -0.3 is 9.47 Å².